The molecule has 0 bridgehead atoms. The van der Waals surface area contributed by atoms with Gasteiger partial charge in [-0.05, 0) is 29.7 Å². The fourth-order valence-electron chi connectivity index (χ4n) is 3.34. The maximum atomic E-state index is 12.5. The number of ether oxygens (including phenoxy) is 2. The van der Waals surface area contributed by atoms with Crippen molar-refractivity contribution in [3.8, 4) is 11.5 Å². The summed E-state index contributed by atoms with van der Waals surface area (Å²) in [6.07, 6.45) is 2.06. The van der Waals surface area contributed by atoms with Gasteiger partial charge in [0.25, 0.3) is 0 Å². The van der Waals surface area contributed by atoms with Crippen LogP contribution in [0.15, 0.2) is 47.6 Å². The molecule has 0 fully saturated rings. The Kier molecular flexibility index (Phi) is 5.79. The SMILES string of the molecule is CCC(=O)N1N=C(c2ccc(OC)cc2OC)CC1c1ccc(CC)cc1. The van der Waals surface area contributed by atoms with E-state index in [0.29, 0.717) is 18.6 Å². The molecule has 0 radical (unpaired) electrons. The van der Waals surface area contributed by atoms with Crippen LogP contribution in [0.3, 0.4) is 0 Å². The zero-order chi connectivity index (χ0) is 19.4. The Hall–Kier alpha value is -2.82. The van der Waals surface area contributed by atoms with Crippen LogP contribution < -0.4 is 9.47 Å². The van der Waals surface area contributed by atoms with Crippen molar-refractivity contribution in [2.45, 2.75) is 39.2 Å². The van der Waals surface area contributed by atoms with Crippen LogP contribution in [0.5, 0.6) is 11.5 Å². The van der Waals surface area contributed by atoms with E-state index in [1.807, 2.05) is 25.1 Å². The maximum absolute atomic E-state index is 12.5. The molecule has 142 valence electrons. The van der Waals surface area contributed by atoms with Gasteiger partial charge >= 0.3 is 0 Å². The Morgan fingerprint density at radius 1 is 1.11 bits per heavy atom. The van der Waals surface area contributed by atoms with E-state index < -0.39 is 0 Å². The molecule has 1 amide bonds. The van der Waals surface area contributed by atoms with E-state index in [1.54, 1.807) is 19.2 Å². The molecule has 1 atom stereocenters. The first kappa shape index (κ1) is 19.0. The van der Waals surface area contributed by atoms with E-state index in [-0.39, 0.29) is 11.9 Å². The van der Waals surface area contributed by atoms with Crippen molar-refractivity contribution in [1.82, 2.24) is 5.01 Å². The van der Waals surface area contributed by atoms with Crippen molar-refractivity contribution in [3.05, 3.63) is 59.2 Å². The first-order valence-electron chi connectivity index (χ1n) is 9.32. The van der Waals surface area contributed by atoms with Gasteiger partial charge in [-0.2, -0.15) is 5.10 Å². The standard InChI is InChI=1S/C22H26N2O3/c1-5-15-7-9-16(10-8-15)20-14-19(23-24(20)22(25)6-2)18-12-11-17(26-3)13-21(18)27-4/h7-13,20H,5-6,14H2,1-4H3. The summed E-state index contributed by atoms with van der Waals surface area (Å²) in [6, 6.07) is 14.0. The molecule has 2 aromatic rings. The molecule has 0 saturated heterocycles. The minimum absolute atomic E-state index is 0.0158. The highest BCUT2D eigenvalue weighted by Crippen LogP contribution is 2.36. The first-order valence-corrected chi connectivity index (χ1v) is 9.32. The molecule has 1 aliphatic rings. The summed E-state index contributed by atoms with van der Waals surface area (Å²) in [5, 5.41) is 6.30. The van der Waals surface area contributed by atoms with Crippen molar-refractivity contribution in [3.63, 3.8) is 0 Å². The molecule has 0 spiro atoms. The maximum Gasteiger partial charge on any atom is 0.242 e. The number of benzene rings is 2. The molecular weight excluding hydrogens is 340 g/mol. The van der Waals surface area contributed by atoms with Crippen LogP contribution in [0.2, 0.25) is 0 Å². The Morgan fingerprint density at radius 2 is 1.85 bits per heavy atom. The highest BCUT2D eigenvalue weighted by Gasteiger charge is 2.33. The predicted octanol–water partition coefficient (Wildman–Crippen LogP) is 4.35. The van der Waals surface area contributed by atoms with Gasteiger partial charge < -0.3 is 9.47 Å². The van der Waals surface area contributed by atoms with Gasteiger partial charge in [0.15, 0.2) is 0 Å². The molecule has 1 unspecified atom stereocenters. The third-order valence-electron chi connectivity index (χ3n) is 4.96. The topological polar surface area (TPSA) is 51.1 Å². The fraction of sp³-hybridized carbons (Fsp3) is 0.364. The van der Waals surface area contributed by atoms with Crippen LogP contribution in [0, 0.1) is 0 Å². The Morgan fingerprint density at radius 3 is 2.44 bits per heavy atom. The van der Waals surface area contributed by atoms with Crippen molar-refractivity contribution >= 4 is 11.6 Å². The van der Waals surface area contributed by atoms with Gasteiger partial charge in [0.1, 0.15) is 11.5 Å². The van der Waals surface area contributed by atoms with E-state index in [2.05, 4.69) is 36.3 Å². The van der Waals surface area contributed by atoms with Gasteiger partial charge in [0, 0.05) is 24.5 Å². The van der Waals surface area contributed by atoms with Crippen molar-refractivity contribution in [2.24, 2.45) is 5.10 Å². The monoisotopic (exact) mass is 366 g/mol. The number of rotatable bonds is 6. The minimum atomic E-state index is -0.0924. The predicted molar refractivity (Wildman–Crippen MR) is 106 cm³/mol. The number of hydrogen-bond donors (Lipinski definition) is 0. The minimum Gasteiger partial charge on any atom is -0.497 e. The zero-order valence-electron chi connectivity index (χ0n) is 16.4. The van der Waals surface area contributed by atoms with Gasteiger partial charge in [-0.1, -0.05) is 38.1 Å². The van der Waals surface area contributed by atoms with Crippen LogP contribution in [0.4, 0.5) is 0 Å². The average Bonchev–Trinajstić information content (AvgIpc) is 3.17. The number of carbonyl (C=O) groups excluding carboxylic acids is 1. The molecule has 27 heavy (non-hydrogen) atoms. The molecule has 5 nitrogen and oxygen atoms in total. The summed E-state index contributed by atoms with van der Waals surface area (Å²) in [6.45, 7) is 4.00. The summed E-state index contributed by atoms with van der Waals surface area (Å²) in [5.41, 5.74) is 4.11. The normalized spacial score (nSPS) is 16.2. The summed E-state index contributed by atoms with van der Waals surface area (Å²) >= 11 is 0. The molecule has 1 heterocycles. The second-order valence-corrected chi connectivity index (χ2v) is 6.52. The molecule has 0 saturated carbocycles. The quantitative estimate of drug-likeness (QED) is 0.763. The average molecular weight is 366 g/mol. The summed E-state index contributed by atoms with van der Waals surface area (Å²) < 4.78 is 10.8. The number of hydrogen-bond acceptors (Lipinski definition) is 4. The van der Waals surface area contributed by atoms with Crippen molar-refractivity contribution < 1.29 is 14.3 Å². The lowest BCUT2D eigenvalue weighted by Crippen LogP contribution is -2.26. The van der Waals surface area contributed by atoms with Crippen LogP contribution >= 0.6 is 0 Å². The van der Waals surface area contributed by atoms with Gasteiger partial charge in [-0.15, -0.1) is 0 Å². The molecule has 0 aliphatic carbocycles. The lowest BCUT2D eigenvalue weighted by Gasteiger charge is -2.21. The lowest BCUT2D eigenvalue weighted by molar-refractivity contribution is -0.132. The Labute approximate surface area is 160 Å². The van der Waals surface area contributed by atoms with Crippen LogP contribution in [0.1, 0.15) is 49.4 Å². The summed E-state index contributed by atoms with van der Waals surface area (Å²) in [7, 11) is 3.25. The second kappa shape index (κ2) is 8.25. The number of hydrazone groups is 1. The molecule has 2 aromatic carbocycles. The number of nitrogens with zero attached hydrogens (tertiary/aromatic N) is 2. The molecule has 0 N–H and O–H groups in total. The van der Waals surface area contributed by atoms with Crippen LogP contribution in [-0.4, -0.2) is 30.8 Å². The van der Waals surface area contributed by atoms with Crippen molar-refractivity contribution in [2.75, 3.05) is 14.2 Å². The third kappa shape index (κ3) is 3.82. The highest BCUT2D eigenvalue weighted by atomic mass is 16.5. The van der Waals surface area contributed by atoms with E-state index in [9.17, 15) is 4.79 Å². The molecule has 0 aromatic heterocycles. The van der Waals surface area contributed by atoms with Gasteiger partial charge in [0.05, 0.1) is 26.0 Å². The van der Waals surface area contributed by atoms with Gasteiger partial charge in [-0.25, -0.2) is 5.01 Å². The Bertz CT molecular complexity index is 843. The first-order chi connectivity index (χ1) is 13.1. The van der Waals surface area contributed by atoms with E-state index in [4.69, 9.17) is 9.47 Å². The largest absolute Gasteiger partial charge is 0.497 e. The third-order valence-corrected chi connectivity index (χ3v) is 4.96. The molecule has 1 aliphatic heterocycles. The van der Waals surface area contributed by atoms with Crippen LogP contribution in [0.25, 0.3) is 0 Å². The van der Waals surface area contributed by atoms with Gasteiger partial charge in [-0.3, -0.25) is 4.79 Å². The lowest BCUT2D eigenvalue weighted by atomic mass is 9.96. The number of carbonyl (C=O) groups is 1. The van der Waals surface area contributed by atoms with Crippen molar-refractivity contribution in [1.29, 1.82) is 0 Å². The fourth-order valence-corrected chi connectivity index (χ4v) is 3.34. The zero-order valence-corrected chi connectivity index (χ0v) is 16.4. The van der Waals surface area contributed by atoms with E-state index >= 15 is 0 Å². The van der Waals surface area contributed by atoms with Gasteiger partial charge in [0.2, 0.25) is 5.91 Å². The summed E-state index contributed by atoms with van der Waals surface area (Å²) in [4.78, 5) is 12.5. The second-order valence-electron chi connectivity index (χ2n) is 6.52. The smallest absolute Gasteiger partial charge is 0.242 e. The molecule has 5 heteroatoms. The van der Waals surface area contributed by atoms with Crippen LogP contribution in [-0.2, 0) is 11.2 Å². The number of aryl methyl sites for hydroxylation is 1. The van der Waals surface area contributed by atoms with E-state index in [0.717, 1.165) is 29.0 Å². The van der Waals surface area contributed by atoms with E-state index in [1.165, 1.54) is 5.56 Å². The Balaban J connectivity index is 1.97. The highest BCUT2D eigenvalue weighted by molar-refractivity contribution is 6.05. The summed E-state index contributed by atoms with van der Waals surface area (Å²) in [5.74, 6) is 1.43. The molecule has 3 rings (SSSR count). The number of methoxy groups -OCH3 is 2. The number of amides is 1. The molecular formula is C22H26N2O3.